The summed E-state index contributed by atoms with van der Waals surface area (Å²) in [6.45, 7) is 5.21. The van der Waals surface area contributed by atoms with E-state index in [1.807, 2.05) is 30.6 Å². The number of likely N-dealkylation sites (tertiary alicyclic amines) is 1. The summed E-state index contributed by atoms with van der Waals surface area (Å²) in [5.74, 6) is 0.688. The molecular weight excluding hydrogens is 303 g/mol. The summed E-state index contributed by atoms with van der Waals surface area (Å²) in [5.41, 5.74) is 1.53. The number of rotatable bonds is 3. The Labute approximate surface area is 142 Å². The van der Waals surface area contributed by atoms with Crippen LogP contribution in [0.3, 0.4) is 0 Å². The van der Waals surface area contributed by atoms with Gasteiger partial charge in [-0.3, -0.25) is 4.90 Å². The van der Waals surface area contributed by atoms with Crippen LogP contribution in [0.1, 0.15) is 24.8 Å². The molecule has 5 heteroatoms. The molecule has 0 aliphatic carbocycles. The van der Waals surface area contributed by atoms with Gasteiger partial charge in [-0.05, 0) is 49.6 Å². The third-order valence-corrected chi connectivity index (χ3v) is 5.33. The Kier molecular flexibility index (Phi) is 4.19. The Morgan fingerprint density at radius 1 is 1.00 bits per heavy atom. The maximum atomic E-state index is 13.1. The van der Waals surface area contributed by atoms with E-state index in [1.54, 1.807) is 12.1 Å². The van der Waals surface area contributed by atoms with Crippen molar-refractivity contribution < 1.29 is 4.39 Å². The predicted molar refractivity (Wildman–Crippen MR) is 92.2 cm³/mol. The largest absolute Gasteiger partial charge is 0.340 e. The first-order chi connectivity index (χ1) is 11.7. The number of benzene rings is 1. The van der Waals surface area contributed by atoms with Gasteiger partial charge in [0.2, 0.25) is 5.95 Å². The molecule has 2 fully saturated rings. The molecule has 4 nitrogen and oxygen atoms in total. The molecule has 1 atom stereocenters. The Balaban J connectivity index is 1.42. The van der Waals surface area contributed by atoms with E-state index in [9.17, 15) is 4.39 Å². The highest BCUT2D eigenvalue weighted by Gasteiger charge is 2.41. The van der Waals surface area contributed by atoms with Gasteiger partial charge in [-0.25, -0.2) is 14.4 Å². The molecule has 2 aromatic rings. The van der Waals surface area contributed by atoms with Crippen LogP contribution in [0.4, 0.5) is 10.3 Å². The molecule has 1 aromatic heterocycles. The molecule has 0 saturated carbocycles. The summed E-state index contributed by atoms with van der Waals surface area (Å²) >= 11 is 0. The normalized spacial score (nSPS) is 24.6. The quantitative estimate of drug-likeness (QED) is 0.867. The van der Waals surface area contributed by atoms with Crippen LogP contribution in [0.25, 0.3) is 0 Å². The zero-order valence-electron chi connectivity index (χ0n) is 13.9. The van der Waals surface area contributed by atoms with Gasteiger partial charge in [-0.15, -0.1) is 0 Å². The van der Waals surface area contributed by atoms with E-state index in [0.29, 0.717) is 5.41 Å². The number of hydrogen-bond donors (Lipinski definition) is 0. The summed E-state index contributed by atoms with van der Waals surface area (Å²) in [7, 11) is 0. The van der Waals surface area contributed by atoms with E-state index in [0.717, 1.165) is 38.7 Å². The van der Waals surface area contributed by atoms with E-state index < -0.39 is 0 Å². The number of aromatic nitrogens is 2. The van der Waals surface area contributed by atoms with Gasteiger partial charge >= 0.3 is 0 Å². The summed E-state index contributed by atoms with van der Waals surface area (Å²) in [6, 6.07) is 8.77. The zero-order chi connectivity index (χ0) is 16.4. The number of halogens is 1. The van der Waals surface area contributed by atoms with Crippen molar-refractivity contribution in [1.29, 1.82) is 0 Å². The molecule has 2 saturated heterocycles. The van der Waals surface area contributed by atoms with Crippen molar-refractivity contribution in [2.75, 3.05) is 31.1 Å². The third-order valence-electron chi connectivity index (χ3n) is 5.33. The van der Waals surface area contributed by atoms with Crippen molar-refractivity contribution in [3.8, 4) is 0 Å². The van der Waals surface area contributed by atoms with Crippen LogP contribution in [0, 0.1) is 11.2 Å². The molecule has 4 rings (SSSR count). The van der Waals surface area contributed by atoms with Gasteiger partial charge in [0, 0.05) is 44.0 Å². The molecule has 24 heavy (non-hydrogen) atoms. The molecule has 1 spiro atoms. The molecule has 3 heterocycles. The molecule has 2 aliphatic rings. The van der Waals surface area contributed by atoms with E-state index in [4.69, 9.17) is 0 Å². The lowest BCUT2D eigenvalue weighted by atomic mass is 9.79. The summed E-state index contributed by atoms with van der Waals surface area (Å²) in [5, 5.41) is 0. The Bertz CT molecular complexity index is 676. The van der Waals surface area contributed by atoms with Gasteiger partial charge in [0.1, 0.15) is 5.82 Å². The molecule has 0 bridgehead atoms. The molecule has 0 N–H and O–H groups in total. The standard InChI is InChI=1S/C19H23FN4/c20-17-5-3-16(4-6-17)13-23-11-1-7-19(14-23)8-12-24(15-19)18-21-9-2-10-22-18/h2-6,9-10H,1,7-8,11-15H2. The molecule has 2 aliphatic heterocycles. The average Bonchev–Trinajstić information content (AvgIpc) is 3.01. The molecular formula is C19H23FN4. The highest BCUT2D eigenvalue weighted by molar-refractivity contribution is 5.32. The van der Waals surface area contributed by atoms with E-state index in [2.05, 4.69) is 19.8 Å². The monoisotopic (exact) mass is 326 g/mol. The van der Waals surface area contributed by atoms with Gasteiger partial charge in [0.25, 0.3) is 0 Å². The second kappa shape index (κ2) is 6.48. The first-order valence-electron chi connectivity index (χ1n) is 8.71. The Morgan fingerprint density at radius 3 is 2.58 bits per heavy atom. The Hall–Kier alpha value is -2.01. The van der Waals surface area contributed by atoms with E-state index >= 15 is 0 Å². The predicted octanol–water partition coefficient (Wildman–Crippen LogP) is 3.11. The minimum atomic E-state index is -0.164. The van der Waals surface area contributed by atoms with Crippen LogP contribution in [0.15, 0.2) is 42.7 Å². The fourth-order valence-corrected chi connectivity index (χ4v) is 4.19. The summed E-state index contributed by atoms with van der Waals surface area (Å²) in [4.78, 5) is 13.6. The van der Waals surface area contributed by atoms with E-state index in [-0.39, 0.29) is 5.82 Å². The van der Waals surface area contributed by atoms with Crippen molar-refractivity contribution in [1.82, 2.24) is 14.9 Å². The number of hydrogen-bond acceptors (Lipinski definition) is 4. The maximum Gasteiger partial charge on any atom is 0.225 e. The second-order valence-corrected chi connectivity index (χ2v) is 7.16. The summed E-state index contributed by atoms with van der Waals surface area (Å²) in [6.07, 6.45) is 7.33. The van der Waals surface area contributed by atoms with Crippen molar-refractivity contribution in [3.05, 3.63) is 54.1 Å². The molecule has 1 unspecified atom stereocenters. The zero-order valence-corrected chi connectivity index (χ0v) is 13.9. The maximum absolute atomic E-state index is 13.1. The smallest absolute Gasteiger partial charge is 0.225 e. The van der Waals surface area contributed by atoms with Crippen LogP contribution in [0.5, 0.6) is 0 Å². The highest BCUT2D eigenvalue weighted by atomic mass is 19.1. The topological polar surface area (TPSA) is 32.3 Å². The fourth-order valence-electron chi connectivity index (χ4n) is 4.19. The lowest BCUT2D eigenvalue weighted by Crippen LogP contribution is -2.44. The van der Waals surface area contributed by atoms with Gasteiger partial charge in [0.15, 0.2) is 0 Å². The van der Waals surface area contributed by atoms with Crippen LogP contribution in [-0.4, -0.2) is 41.0 Å². The van der Waals surface area contributed by atoms with Gasteiger partial charge in [-0.2, -0.15) is 0 Å². The SMILES string of the molecule is Fc1ccc(CN2CCCC3(CCN(c4ncccn4)C3)C2)cc1. The number of anilines is 1. The van der Waals surface area contributed by atoms with Crippen LogP contribution >= 0.6 is 0 Å². The number of nitrogens with zero attached hydrogens (tertiary/aromatic N) is 4. The van der Waals surface area contributed by atoms with Crippen molar-refractivity contribution in [2.45, 2.75) is 25.8 Å². The lowest BCUT2D eigenvalue weighted by molar-refractivity contribution is 0.0991. The van der Waals surface area contributed by atoms with Crippen LogP contribution < -0.4 is 4.90 Å². The minimum Gasteiger partial charge on any atom is -0.340 e. The van der Waals surface area contributed by atoms with Crippen molar-refractivity contribution >= 4 is 5.95 Å². The number of piperidine rings is 1. The minimum absolute atomic E-state index is 0.164. The average molecular weight is 326 g/mol. The molecule has 126 valence electrons. The molecule has 1 aromatic carbocycles. The van der Waals surface area contributed by atoms with Gasteiger partial charge < -0.3 is 4.90 Å². The first kappa shape index (κ1) is 15.5. The van der Waals surface area contributed by atoms with E-state index in [1.165, 1.54) is 24.8 Å². The summed E-state index contributed by atoms with van der Waals surface area (Å²) < 4.78 is 13.1. The third kappa shape index (κ3) is 3.26. The Morgan fingerprint density at radius 2 is 1.79 bits per heavy atom. The first-order valence-corrected chi connectivity index (χ1v) is 8.71. The second-order valence-electron chi connectivity index (χ2n) is 7.16. The molecule has 0 radical (unpaired) electrons. The van der Waals surface area contributed by atoms with Gasteiger partial charge in [0.05, 0.1) is 0 Å². The molecule has 0 amide bonds. The lowest BCUT2D eigenvalue weighted by Gasteiger charge is -2.40. The fraction of sp³-hybridized carbons (Fsp3) is 0.474. The highest BCUT2D eigenvalue weighted by Crippen LogP contribution is 2.40. The van der Waals surface area contributed by atoms with Crippen molar-refractivity contribution in [2.24, 2.45) is 5.41 Å². The van der Waals surface area contributed by atoms with Crippen molar-refractivity contribution in [3.63, 3.8) is 0 Å². The van der Waals surface area contributed by atoms with Crippen LogP contribution in [-0.2, 0) is 6.54 Å². The van der Waals surface area contributed by atoms with Crippen LogP contribution in [0.2, 0.25) is 0 Å². The van der Waals surface area contributed by atoms with Gasteiger partial charge in [-0.1, -0.05) is 12.1 Å².